The van der Waals surface area contributed by atoms with Crippen LogP contribution in [0, 0.1) is 6.92 Å². The Bertz CT molecular complexity index is 519. The van der Waals surface area contributed by atoms with Crippen LogP contribution in [0.1, 0.15) is 39.2 Å². The zero-order valence-corrected chi connectivity index (χ0v) is 14.6. The Morgan fingerprint density at radius 1 is 1.29 bits per heavy atom. The molecule has 2 rings (SSSR count). The molecular weight excluding hydrogens is 332 g/mol. The number of rotatable bonds is 3. The number of nitrogens with one attached hydrogen (secondary N) is 2. The number of hydrogen-bond donors (Lipinski definition) is 2. The molecule has 0 atom stereocenters. The molecule has 1 aromatic rings. The van der Waals surface area contributed by atoms with Gasteiger partial charge in [0.1, 0.15) is 5.60 Å². The van der Waals surface area contributed by atoms with Gasteiger partial charge in [0.25, 0.3) is 0 Å². The number of ether oxygens (including phenoxy) is 1. The van der Waals surface area contributed by atoms with E-state index in [0.29, 0.717) is 6.04 Å². The molecule has 1 saturated carbocycles. The molecule has 0 heterocycles. The number of amides is 1. The van der Waals surface area contributed by atoms with Crippen molar-refractivity contribution in [1.82, 2.24) is 5.32 Å². The van der Waals surface area contributed by atoms with Crippen LogP contribution in [0.15, 0.2) is 22.7 Å². The second-order valence-corrected chi connectivity index (χ2v) is 7.47. The van der Waals surface area contributed by atoms with E-state index in [1.165, 1.54) is 5.56 Å². The zero-order chi connectivity index (χ0) is 15.6. The maximum atomic E-state index is 11.7. The molecule has 0 unspecified atom stereocenters. The first-order valence-electron chi connectivity index (χ1n) is 7.25. The lowest BCUT2D eigenvalue weighted by molar-refractivity contribution is 0.0475. The number of carbonyl (C=O) groups excluding carboxylic acids is 1. The molecule has 1 fully saturated rings. The lowest BCUT2D eigenvalue weighted by atomic mass is 9.86. The summed E-state index contributed by atoms with van der Waals surface area (Å²) in [7, 11) is 0. The summed E-state index contributed by atoms with van der Waals surface area (Å²) in [5, 5.41) is 6.39. The maximum absolute atomic E-state index is 11.7. The number of halogens is 1. The fourth-order valence-electron chi connectivity index (χ4n) is 2.30. The Labute approximate surface area is 134 Å². The van der Waals surface area contributed by atoms with E-state index >= 15 is 0 Å². The molecule has 0 aromatic heterocycles. The normalized spacial score (nSPS) is 21.4. The van der Waals surface area contributed by atoms with Crippen molar-refractivity contribution in [2.75, 3.05) is 5.32 Å². The van der Waals surface area contributed by atoms with Gasteiger partial charge in [-0.05, 0) is 64.3 Å². The Morgan fingerprint density at radius 2 is 1.95 bits per heavy atom. The lowest BCUT2D eigenvalue weighted by Crippen LogP contribution is -2.50. The molecule has 2 N–H and O–H groups in total. The van der Waals surface area contributed by atoms with Crippen LogP contribution >= 0.6 is 15.9 Å². The lowest BCUT2D eigenvalue weighted by Gasteiger charge is -2.37. The van der Waals surface area contributed by atoms with Crippen molar-refractivity contribution in [3.8, 4) is 0 Å². The summed E-state index contributed by atoms with van der Waals surface area (Å²) in [5.41, 5.74) is 1.89. The minimum absolute atomic E-state index is 0.203. The molecule has 0 saturated heterocycles. The first-order chi connectivity index (χ1) is 9.73. The third kappa shape index (κ3) is 4.92. The first kappa shape index (κ1) is 16.1. The van der Waals surface area contributed by atoms with Gasteiger partial charge in [0.2, 0.25) is 0 Å². The topological polar surface area (TPSA) is 50.4 Å². The summed E-state index contributed by atoms with van der Waals surface area (Å²) in [6.07, 6.45) is 1.52. The monoisotopic (exact) mass is 354 g/mol. The van der Waals surface area contributed by atoms with E-state index in [0.717, 1.165) is 23.0 Å². The first-order valence-corrected chi connectivity index (χ1v) is 8.04. The highest BCUT2D eigenvalue weighted by Crippen LogP contribution is 2.27. The number of aryl methyl sites for hydroxylation is 1. The Morgan fingerprint density at radius 3 is 2.52 bits per heavy atom. The van der Waals surface area contributed by atoms with Crippen LogP contribution < -0.4 is 10.6 Å². The van der Waals surface area contributed by atoms with Gasteiger partial charge in [-0.1, -0.05) is 15.9 Å². The van der Waals surface area contributed by atoms with Gasteiger partial charge in [-0.25, -0.2) is 4.79 Å². The third-order valence-corrected chi connectivity index (χ3v) is 4.28. The summed E-state index contributed by atoms with van der Waals surface area (Å²) in [6, 6.07) is 6.84. The molecule has 116 valence electrons. The molecule has 0 spiro atoms. The van der Waals surface area contributed by atoms with E-state index in [4.69, 9.17) is 4.74 Å². The number of carbonyl (C=O) groups is 1. The molecule has 0 radical (unpaired) electrons. The van der Waals surface area contributed by atoms with Crippen LogP contribution in [0.25, 0.3) is 0 Å². The van der Waals surface area contributed by atoms with Crippen molar-refractivity contribution >= 4 is 27.7 Å². The van der Waals surface area contributed by atoms with Gasteiger partial charge in [0.15, 0.2) is 0 Å². The van der Waals surface area contributed by atoms with E-state index in [9.17, 15) is 4.79 Å². The highest BCUT2D eigenvalue weighted by Gasteiger charge is 2.31. The van der Waals surface area contributed by atoms with Crippen LogP contribution in [0.3, 0.4) is 0 Å². The summed E-state index contributed by atoms with van der Waals surface area (Å²) >= 11 is 3.50. The van der Waals surface area contributed by atoms with Crippen LogP contribution in [0.5, 0.6) is 0 Å². The average Bonchev–Trinajstić information content (AvgIpc) is 2.28. The summed E-state index contributed by atoms with van der Waals surface area (Å²) < 4.78 is 6.37. The number of hydrogen-bond acceptors (Lipinski definition) is 3. The van der Waals surface area contributed by atoms with E-state index in [1.807, 2.05) is 26.8 Å². The Hall–Kier alpha value is -1.23. The van der Waals surface area contributed by atoms with Gasteiger partial charge in [-0.2, -0.15) is 0 Å². The smallest absolute Gasteiger partial charge is 0.407 e. The fraction of sp³-hybridized carbons (Fsp3) is 0.562. The molecule has 0 aliphatic heterocycles. The van der Waals surface area contributed by atoms with E-state index in [-0.39, 0.29) is 12.1 Å². The molecule has 1 aliphatic carbocycles. The predicted octanol–water partition coefficient (Wildman–Crippen LogP) is 4.23. The largest absolute Gasteiger partial charge is 0.444 e. The van der Waals surface area contributed by atoms with Crippen molar-refractivity contribution in [2.45, 2.75) is 58.2 Å². The Kier molecular flexibility index (Phi) is 4.81. The standard InChI is InChI=1S/C16H23BrN2O2/c1-10-7-11(5-6-14(10)17)18-12-8-13(9-12)19-15(20)21-16(2,3)4/h5-7,12-13,18H,8-9H2,1-4H3,(H,19,20). The molecule has 21 heavy (non-hydrogen) atoms. The van der Waals surface area contributed by atoms with Crippen molar-refractivity contribution in [3.63, 3.8) is 0 Å². The SMILES string of the molecule is Cc1cc(NC2CC(NC(=O)OC(C)(C)C)C2)ccc1Br. The van der Waals surface area contributed by atoms with Crippen LogP contribution in [0.4, 0.5) is 10.5 Å². The van der Waals surface area contributed by atoms with Crippen LogP contribution in [0.2, 0.25) is 0 Å². The number of alkyl carbamates (subject to hydrolysis) is 1. The zero-order valence-electron chi connectivity index (χ0n) is 13.0. The molecule has 4 nitrogen and oxygen atoms in total. The third-order valence-electron chi connectivity index (χ3n) is 3.39. The quantitative estimate of drug-likeness (QED) is 0.853. The fourth-order valence-corrected chi connectivity index (χ4v) is 2.54. The van der Waals surface area contributed by atoms with Gasteiger partial charge >= 0.3 is 6.09 Å². The molecule has 0 bridgehead atoms. The van der Waals surface area contributed by atoms with Gasteiger partial charge in [-0.15, -0.1) is 0 Å². The van der Waals surface area contributed by atoms with Crippen LogP contribution in [-0.4, -0.2) is 23.8 Å². The molecule has 5 heteroatoms. The second kappa shape index (κ2) is 6.26. The maximum Gasteiger partial charge on any atom is 0.407 e. The minimum Gasteiger partial charge on any atom is -0.444 e. The van der Waals surface area contributed by atoms with Crippen molar-refractivity contribution in [1.29, 1.82) is 0 Å². The van der Waals surface area contributed by atoms with Gasteiger partial charge < -0.3 is 15.4 Å². The predicted molar refractivity (Wildman–Crippen MR) is 88.7 cm³/mol. The van der Waals surface area contributed by atoms with Gasteiger partial charge in [0.05, 0.1) is 0 Å². The minimum atomic E-state index is -0.444. The summed E-state index contributed by atoms with van der Waals surface area (Å²) in [5.74, 6) is 0. The van der Waals surface area contributed by atoms with Crippen LogP contribution in [-0.2, 0) is 4.74 Å². The molecule has 1 aromatic carbocycles. The molecular formula is C16H23BrN2O2. The van der Waals surface area contributed by atoms with Crippen molar-refractivity contribution < 1.29 is 9.53 Å². The Balaban J connectivity index is 1.74. The highest BCUT2D eigenvalue weighted by atomic mass is 79.9. The van der Waals surface area contributed by atoms with Gasteiger partial charge in [-0.3, -0.25) is 0 Å². The van der Waals surface area contributed by atoms with Crippen molar-refractivity contribution in [3.05, 3.63) is 28.2 Å². The van der Waals surface area contributed by atoms with Gasteiger partial charge in [0, 0.05) is 22.2 Å². The average molecular weight is 355 g/mol. The number of anilines is 1. The summed E-state index contributed by atoms with van der Waals surface area (Å²) in [4.78, 5) is 11.7. The highest BCUT2D eigenvalue weighted by molar-refractivity contribution is 9.10. The van der Waals surface area contributed by atoms with E-state index in [1.54, 1.807) is 0 Å². The van der Waals surface area contributed by atoms with E-state index < -0.39 is 5.60 Å². The second-order valence-electron chi connectivity index (χ2n) is 6.62. The molecule has 1 amide bonds. The summed E-state index contributed by atoms with van der Waals surface area (Å²) in [6.45, 7) is 7.68. The number of benzene rings is 1. The van der Waals surface area contributed by atoms with Crippen molar-refractivity contribution in [2.24, 2.45) is 0 Å². The molecule has 1 aliphatic rings. The van der Waals surface area contributed by atoms with E-state index in [2.05, 4.69) is 45.6 Å².